The third-order valence-corrected chi connectivity index (χ3v) is 4.16. The van der Waals surface area contributed by atoms with Crippen molar-refractivity contribution in [1.29, 1.82) is 0 Å². The van der Waals surface area contributed by atoms with Gasteiger partial charge in [-0.25, -0.2) is 4.79 Å². The van der Waals surface area contributed by atoms with E-state index in [0.29, 0.717) is 23.6 Å². The standard InChI is InChI=1S/C21H23N3O5/c1-24(2)11-6-12-28-17-10-5-7-14-13-18(29-19(14)17)20(25)22-15-8-3-4-9-16(15)23-21(26)27/h3-5,7-10,13,23H,6,11-12H2,1-2H3,(H,22,25)(H,26,27). The van der Waals surface area contributed by atoms with Crippen LogP contribution >= 0.6 is 0 Å². The number of rotatable bonds is 8. The molecule has 29 heavy (non-hydrogen) atoms. The fraction of sp³-hybridized carbons (Fsp3) is 0.238. The van der Waals surface area contributed by atoms with Crippen molar-refractivity contribution in [2.45, 2.75) is 6.42 Å². The molecule has 0 aliphatic heterocycles. The lowest BCUT2D eigenvalue weighted by Crippen LogP contribution is -2.15. The number of hydrogen-bond donors (Lipinski definition) is 3. The number of anilines is 2. The van der Waals surface area contributed by atoms with Crippen LogP contribution < -0.4 is 15.4 Å². The van der Waals surface area contributed by atoms with Crippen molar-refractivity contribution in [2.24, 2.45) is 0 Å². The number of hydrogen-bond acceptors (Lipinski definition) is 5. The van der Waals surface area contributed by atoms with Crippen LogP contribution in [-0.4, -0.2) is 49.3 Å². The molecule has 0 radical (unpaired) electrons. The van der Waals surface area contributed by atoms with E-state index < -0.39 is 12.0 Å². The molecule has 0 fully saturated rings. The second kappa shape index (κ2) is 9.11. The van der Waals surface area contributed by atoms with Gasteiger partial charge in [-0.2, -0.15) is 0 Å². The quantitative estimate of drug-likeness (QED) is 0.494. The van der Waals surface area contributed by atoms with Crippen LogP contribution in [0.1, 0.15) is 17.0 Å². The van der Waals surface area contributed by atoms with Crippen LogP contribution in [0.2, 0.25) is 0 Å². The molecule has 8 heteroatoms. The van der Waals surface area contributed by atoms with E-state index >= 15 is 0 Å². The van der Waals surface area contributed by atoms with Gasteiger partial charge >= 0.3 is 6.09 Å². The SMILES string of the molecule is CN(C)CCCOc1cccc2cc(C(=O)Nc3ccccc3NC(=O)O)oc12. The Morgan fingerprint density at radius 2 is 1.79 bits per heavy atom. The second-order valence-corrected chi connectivity index (χ2v) is 6.72. The summed E-state index contributed by atoms with van der Waals surface area (Å²) in [6.45, 7) is 1.44. The van der Waals surface area contributed by atoms with E-state index in [1.54, 1.807) is 36.4 Å². The molecule has 152 valence electrons. The lowest BCUT2D eigenvalue weighted by Gasteiger charge is -2.10. The first kappa shape index (κ1) is 20.2. The van der Waals surface area contributed by atoms with Gasteiger partial charge in [0.2, 0.25) is 0 Å². The molecule has 0 atom stereocenters. The minimum Gasteiger partial charge on any atom is -0.490 e. The number of ether oxygens (including phenoxy) is 1. The Kier molecular flexibility index (Phi) is 6.36. The van der Waals surface area contributed by atoms with Crippen molar-refractivity contribution in [3.8, 4) is 5.75 Å². The molecule has 1 heterocycles. The molecule has 0 saturated heterocycles. The molecule has 3 aromatic rings. The summed E-state index contributed by atoms with van der Waals surface area (Å²) in [5.41, 5.74) is 1.11. The van der Waals surface area contributed by atoms with Gasteiger partial charge in [-0.1, -0.05) is 24.3 Å². The van der Waals surface area contributed by atoms with E-state index in [9.17, 15) is 9.59 Å². The summed E-state index contributed by atoms with van der Waals surface area (Å²) in [6.07, 6.45) is -0.350. The molecule has 0 unspecified atom stereocenters. The zero-order valence-electron chi connectivity index (χ0n) is 16.3. The van der Waals surface area contributed by atoms with Crippen LogP contribution in [0.5, 0.6) is 5.75 Å². The van der Waals surface area contributed by atoms with Gasteiger partial charge in [-0.05, 0) is 44.8 Å². The highest BCUT2D eigenvalue weighted by atomic mass is 16.5. The van der Waals surface area contributed by atoms with Crippen LogP contribution in [0.4, 0.5) is 16.2 Å². The molecule has 3 rings (SSSR count). The molecule has 0 aliphatic carbocycles. The number of amides is 2. The summed E-state index contributed by atoms with van der Waals surface area (Å²) in [5, 5.41) is 14.6. The van der Waals surface area contributed by atoms with Crippen LogP contribution in [0.25, 0.3) is 11.0 Å². The highest BCUT2D eigenvalue weighted by molar-refractivity contribution is 6.07. The maximum Gasteiger partial charge on any atom is 0.409 e. The third-order valence-electron chi connectivity index (χ3n) is 4.16. The lowest BCUT2D eigenvalue weighted by atomic mass is 10.2. The minimum absolute atomic E-state index is 0.106. The first-order valence-corrected chi connectivity index (χ1v) is 9.14. The molecule has 8 nitrogen and oxygen atoms in total. The molecule has 0 spiro atoms. The molecule has 3 N–H and O–H groups in total. The van der Waals surface area contributed by atoms with Crippen LogP contribution in [0, 0.1) is 0 Å². The highest BCUT2D eigenvalue weighted by Crippen LogP contribution is 2.30. The Labute approximate surface area is 168 Å². The van der Waals surface area contributed by atoms with E-state index in [1.165, 1.54) is 0 Å². The summed E-state index contributed by atoms with van der Waals surface area (Å²) in [4.78, 5) is 25.6. The minimum atomic E-state index is -1.22. The lowest BCUT2D eigenvalue weighted by molar-refractivity contribution is 0.0998. The number of carbonyl (C=O) groups is 2. The molecule has 0 saturated carbocycles. The zero-order valence-corrected chi connectivity index (χ0v) is 16.3. The normalized spacial score (nSPS) is 10.9. The second-order valence-electron chi connectivity index (χ2n) is 6.72. The Morgan fingerprint density at radius 3 is 2.48 bits per heavy atom. The molecule has 2 aromatic carbocycles. The summed E-state index contributed by atoms with van der Waals surface area (Å²) in [5.74, 6) is 0.196. The van der Waals surface area contributed by atoms with Gasteiger partial charge in [-0.15, -0.1) is 0 Å². The van der Waals surface area contributed by atoms with Crippen molar-refractivity contribution >= 4 is 34.3 Å². The van der Waals surface area contributed by atoms with Gasteiger partial charge in [0.25, 0.3) is 5.91 Å². The van der Waals surface area contributed by atoms with E-state index in [1.807, 2.05) is 26.2 Å². The van der Waals surface area contributed by atoms with Crippen molar-refractivity contribution < 1.29 is 23.8 Å². The fourth-order valence-corrected chi connectivity index (χ4v) is 2.83. The smallest absolute Gasteiger partial charge is 0.409 e. The highest BCUT2D eigenvalue weighted by Gasteiger charge is 2.17. The Morgan fingerprint density at radius 1 is 1.07 bits per heavy atom. The maximum atomic E-state index is 12.6. The fourth-order valence-electron chi connectivity index (χ4n) is 2.83. The number of furan rings is 1. The van der Waals surface area contributed by atoms with Crippen LogP contribution in [0.3, 0.4) is 0 Å². The van der Waals surface area contributed by atoms with E-state index in [0.717, 1.165) is 18.4 Å². The number of para-hydroxylation sites is 3. The Hall–Kier alpha value is -3.52. The Bertz CT molecular complexity index is 1010. The van der Waals surface area contributed by atoms with Gasteiger partial charge < -0.3 is 24.5 Å². The number of carbonyl (C=O) groups excluding carboxylic acids is 1. The predicted octanol–water partition coefficient (Wildman–Crippen LogP) is 4.11. The largest absolute Gasteiger partial charge is 0.490 e. The summed E-state index contributed by atoms with van der Waals surface area (Å²) >= 11 is 0. The topological polar surface area (TPSA) is 104 Å². The molecular formula is C21H23N3O5. The third kappa shape index (κ3) is 5.26. The first-order valence-electron chi connectivity index (χ1n) is 9.14. The van der Waals surface area contributed by atoms with Gasteiger partial charge in [-0.3, -0.25) is 10.1 Å². The van der Waals surface area contributed by atoms with Gasteiger partial charge in [0, 0.05) is 11.9 Å². The predicted molar refractivity (Wildman–Crippen MR) is 111 cm³/mol. The average molecular weight is 397 g/mol. The van der Waals surface area contributed by atoms with Crippen LogP contribution in [-0.2, 0) is 0 Å². The van der Waals surface area contributed by atoms with Gasteiger partial charge in [0.05, 0.1) is 18.0 Å². The average Bonchev–Trinajstić information content (AvgIpc) is 3.11. The zero-order chi connectivity index (χ0) is 20.8. The number of fused-ring (bicyclic) bond motifs is 1. The van der Waals surface area contributed by atoms with E-state index in [-0.39, 0.29) is 11.4 Å². The van der Waals surface area contributed by atoms with Crippen molar-refractivity contribution in [1.82, 2.24) is 4.90 Å². The Balaban J connectivity index is 1.76. The number of nitrogens with zero attached hydrogens (tertiary/aromatic N) is 1. The molecule has 2 amide bonds. The maximum absolute atomic E-state index is 12.6. The number of benzene rings is 2. The van der Waals surface area contributed by atoms with E-state index in [4.69, 9.17) is 14.3 Å². The van der Waals surface area contributed by atoms with Crippen molar-refractivity contribution in [3.05, 3.63) is 54.3 Å². The van der Waals surface area contributed by atoms with E-state index in [2.05, 4.69) is 15.5 Å². The van der Waals surface area contributed by atoms with Gasteiger partial charge in [0.1, 0.15) is 0 Å². The first-order chi connectivity index (χ1) is 13.9. The summed E-state index contributed by atoms with van der Waals surface area (Å²) < 4.78 is 11.6. The number of carboxylic acid groups (broad SMARTS) is 1. The molecule has 0 aliphatic rings. The van der Waals surface area contributed by atoms with Crippen molar-refractivity contribution in [3.63, 3.8) is 0 Å². The number of nitrogens with one attached hydrogen (secondary N) is 2. The molecule has 0 bridgehead atoms. The summed E-state index contributed by atoms with van der Waals surface area (Å²) in [7, 11) is 4.00. The van der Waals surface area contributed by atoms with Crippen LogP contribution in [0.15, 0.2) is 52.9 Å². The molecular weight excluding hydrogens is 374 g/mol. The molecule has 1 aromatic heterocycles. The van der Waals surface area contributed by atoms with Gasteiger partial charge in [0.15, 0.2) is 17.1 Å². The monoisotopic (exact) mass is 397 g/mol. The van der Waals surface area contributed by atoms with Crippen molar-refractivity contribution in [2.75, 3.05) is 37.9 Å². The summed E-state index contributed by atoms with van der Waals surface area (Å²) in [6, 6.07) is 13.6.